The molecule has 3 heterocycles. The number of hydrogen-bond acceptors (Lipinski definition) is 2. The van der Waals surface area contributed by atoms with Crippen molar-refractivity contribution in [3.8, 4) is 11.4 Å². The van der Waals surface area contributed by atoms with E-state index in [2.05, 4.69) is 10.2 Å². The van der Waals surface area contributed by atoms with E-state index < -0.39 is 0 Å². The van der Waals surface area contributed by atoms with Crippen molar-refractivity contribution in [2.24, 2.45) is 7.05 Å². The number of hydrogen-bond donors (Lipinski definition) is 0. The number of rotatable bonds is 1. The van der Waals surface area contributed by atoms with Gasteiger partial charge in [-0.15, -0.1) is 0 Å². The molecule has 0 atom stereocenters. The van der Waals surface area contributed by atoms with Crippen molar-refractivity contribution in [2.45, 2.75) is 0 Å². The summed E-state index contributed by atoms with van der Waals surface area (Å²) < 4.78 is 3.63. The molecule has 3 aromatic rings. The zero-order valence-electron chi connectivity index (χ0n) is 8.33. The van der Waals surface area contributed by atoms with Crippen molar-refractivity contribution >= 4 is 5.52 Å². The first-order chi connectivity index (χ1) is 7.33. The lowest BCUT2D eigenvalue weighted by atomic mass is 10.3. The molecule has 0 fully saturated rings. The fraction of sp³-hybridized carbons (Fsp3) is 0.0909. The molecule has 0 saturated carbocycles. The summed E-state index contributed by atoms with van der Waals surface area (Å²) in [6.45, 7) is 0. The van der Waals surface area contributed by atoms with Crippen molar-refractivity contribution in [3.63, 3.8) is 0 Å². The van der Waals surface area contributed by atoms with Gasteiger partial charge in [-0.1, -0.05) is 6.07 Å². The summed E-state index contributed by atoms with van der Waals surface area (Å²) in [5.74, 6) is 0. The second-order valence-electron chi connectivity index (χ2n) is 3.47. The van der Waals surface area contributed by atoms with Crippen molar-refractivity contribution < 1.29 is 0 Å². The van der Waals surface area contributed by atoms with Gasteiger partial charge in [-0.3, -0.25) is 4.68 Å². The molecule has 3 rings (SSSR count). The number of nitrogens with zero attached hydrogens (tertiary/aromatic N) is 4. The first-order valence-corrected chi connectivity index (χ1v) is 4.77. The minimum Gasteiger partial charge on any atom is -0.275 e. The second-order valence-corrected chi connectivity index (χ2v) is 3.47. The Balaban J connectivity index is 2.19. The van der Waals surface area contributed by atoms with Crippen LogP contribution in [0.25, 0.3) is 16.9 Å². The molecule has 0 unspecified atom stereocenters. The quantitative estimate of drug-likeness (QED) is 0.597. The van der Waals surface area contributed by atoms with Gasteiger partial charge in [0.25, 0.3) is 0 Å². The Bertz CT molecular complexity index is 573. The molecule has 4 heteroatoms. The zero-order chi connectivity index (χ0) is 10.3. The van der Waals surface area contributed by atoms with E-state index in [1.165, 1.54) is 0 Å². The molecule has 3 aromatic heterocycles. The highest BCUT2D eigenvalue weighted by molar-refractivity contribution is 5.62. The van der Waals surface area contributed by atoms with Crippen molar-refractivity contribution in [1.82, 2.24) is 19.4 Å². The zero-order valence-corrected chi connectivity index (χ0v) is 8.33. The Morgan fingerprint density at radius 2 is 1.93 bits per heavy atom. The van der Waals surface area contributed by atoms with Gasteiger partial charge in [-0.05, 0) is 24.3 Å². The molecule has 0 aliphatic rings. The van der Waals surface area contributed by atoms with Crippen LogP contribution in [0.4, 0.5) is 0 Å². The molecule has 74 valence electrons. The third-order valence-corrected chi connectivity index (χ3v) is 2.35. The molecule has 0 aliphatic heterocycles. The summed E-state index contributed by atoms with van der Waals surface area (Å²) in [7, 11) is 1.90. The fourth-order valence-electron chi connectivity index (χ4n) is 1.61. The highest BCUT2D eigenvalue weighted by atomic mass is 15.3. The Kier molecular flexibility index (Phi) is 1.62. The predicted molar refractivity (Wildman–Crippen MR) is 57.4 cm³/mol. The van der Waals surface area contributed by atoms with E-state index in [0.717, 1.165) is 16.9 Å². The first kappa shape index (κ1) is 8.23. The van der Waals surface area contributed by atoms with E-state index in [1.54, 1.807) is 4.68 Å². The standard InChI is InChI=1S/C11H10N4/c1-14-7-5-10(12-14)11-8-9-4-2-3-6-15(9)13-11/h2-8H,1H3. The van der Waals surface area contributed by atoms with Crippen LogP contribution >= 0.6 is 0 Å². The SMILES string of the molecule is Cn1ccc(-c2cc3ccccn3n2)n1. The van der Waals surface area contributed by atoms with Gasteiger partial charge in [0, 0.05) is 19.4 Å². The average molecular weight is 198 g/mol. The van der Waals surface area contributed by atoms with E-state index in [1.807, 2.05) is 54.3 Å². The van der Waals surface area contributed by atoms with E-state index in [-0.39, 0.29) is 0 Å². The normalized spacial score (nSPS) is 11.0. The van der Waals surface area contributed by atoms with Gasteiger partial charge in [0.15, 0.2) is 0 Å². The van der Waals surface area contributed by atoms with Crippen LogP contribution in [0, 0.1) is 0 Å². The lowest BCUT2D eigenvalue weighted by molar-refractivity contribution is 0.769. The molecular formula is C11H10N4. The van der Waals surface area contributed by atoms with Gasteiger partial charge in [-0.2, -0.15) is 10.2 Å². The number of aromatic nitrogens is 4. The molecule has 0 amide bonds. The van der Waals surface area contributed by atoms with E-state index in [0.29, 0.717) is 0 Å². The van der Waals surface area contributed by atoms with Crippen LogP contribution in [0.1, 0.15) is 0 Å². The summed E-state index contributed by atoms with van der Waals surface area (Å²) in [5, 5.41) is 8.75. The molecule has 0 radical (unpaired) electrons. The van der Waals surface area contributed by atoms with Crippen LogP contribution in [0.5, 0.6) is 0 Å². The molecule has 0 bridgehead atoms. The van der Waals surface area contributed by atoms with Crippen LogP contribution in [-0.4, -0.2) is 19.4 Å². The van der Waals surface area contributed by atoms with Crippen molar-refractivity contribution in [2.75, 3.05) is 0 Å². The first-order valence-electron chi connectivity index (χ1n) is 4.77. The van der Waals surface area contributed by atoms with Crippen LogP contribution in [0.3, 0.4) is 0 Å². The minimum atomic E-state index is 0.904. The molecule has 0 saturated heterocycles. The highest BCUT2D eigenvalue weighted by Gasteiger charge is 2.05. The minimum absolute atomic E-state index is 0.904. The summed E-state index contributed by atoms with van der Waals surface area (Å²) >= 11 is 0. The van der Waals surface area contributed by atoms with Crippen LogP contribution < -0.4 is 0 Å². The molecular weight excluding hydrogens is 188 g/mol. The molecule has 0 aliphatic carbocycles. The maximum atomic E-state index is 4.44. The Hall–Kier alpha value is -2.10. The monoisotopic (exact) mass is 198 g/mol. The molecule has 0 aromatic carbocycles. The summed E-state index contributed by atoms with van der Waals surface area (Å²) in [5.41, 5.74) is 2.89. The number of pyridine rings is 1. The van der Waals surface area contributed by atoms with Crippen LogP contribution in [0.2, 0.25) is 0 Å². The van der Waals surface area contributed by atoms with E-state index >= 15 is 0 Å². The molecule has 0 spiro atoms. The predicted octanol–water partition coefficient (Wildman–Crippen LogP) is 1.73. The highest BCUT2D eigenvalue weighted by Crippen LogP contribution is 2.16. The van der Waals surface area contributed by atoms with Gasteiger partial charge in [-0.25, -0.2) is 4.52 Å². The molecule has 0 N–H and O–H groups in total. The van der Waals surface area contributed by atoms with E-state index in [4.69, 9.17) is 0 Å². The summed E-state index contributed by atoms with van der Waals surface area (Å²) in [6.07, 6.45) is 3.85. The van der Waals surface area contributed by atoms with Gasteiger partial charge in [0.2, 0.25) is 0 Å². The summed E-state index contributed by atoms with van der Waals surface area (Å²) in [6, 6.07) is 9.98. The van der Waals surface area contributed by atoms with Crippen LogP contribution in [0.15, 0.2) is 42.7 Å². The van der Waals surface area contributed by atoms with Gasteiger partial charge < -0.3 is 0 Å². The number of aryl methyl sites for hydroxylation is 1. The summed E-state index contributed by atoms with van der Waals surface area (Å²) in [4.78, 5) is 0. The van der Waals surface area contributed by atoms with Gasteiger partial charge in [0.1, 0.15) is 11.4 Å². The Morgan fingerprint density at radius 3 is 2.67 bits per heavy atom. The van der Waals surface area contributed by atoms with Gasteiger partial charge >= 0.3 is 0 Å². The Morgan fingerprint density at radius 1 is 1.00 bits per heavy atom. The third-order valence-electron chi connectivity index (χ3n) is 2.35. The van der Waals surface area contributed by atoms with Crippen LogP contribution in [-0.2, 0) is 7.05 Å². The maximum absolute atomic E-state index is 4.44. The second kappa shape index (κ2) is 2.95. The van der Waals surface area contributed by atoms with Crippen molar-refractivity contribution in [3.05, 3.63) is 42.7 Å². The molecule has 4 nitrogen and oxygen atoms in total. The largest absolute Gasteiger partial charge is 0.275 e. The molecule has 15 heavy (non-hydrogen) atoms. The smallest absolute Gasteiger partial charge is 0.114 e. The average Bonchev–Trinajstić information content (AvgIpc) is 2.82. The fourth-order valence-corrected chi connectivity index (χ4v) is 1.61. The maximum Gasteiger partial charge on any atom is 0.114 e. The lowest BCUT2D eigenvalue weighted by Gasteiger charge is -1.88. The third kappa shape index (κ3) is 1.30. The number of fused-ring (bicyclic) bond motifs is 1. The van der Waals surface area contributed by atoms with E-state index in [9.17, 15) is 0 Å². The topological polar surface area (TPSA) is 35.1 Å². The Labute approximate surface area is 86.8 Å². The van der Waals surface area contributed by atoms with Crippen molar-refractivity contribution in [1.29, 1.82) is 0 Å². The van der Waals surface area contributed by atoms with Gasteiger partial charge in [0.05, 0.1) is 5.52 Å². The lowest BCUT2D eigenvalue weighted by Crippen LogP contribution is -1.89.